The van der Waals surface area contributed by atoms with Crippen LogP contribution in [0.5, 0.6) is 0 Å². The van der Waals surface area contributed by atoms with Crippen molar-refractivity contribution in [3.8, 4) is 0 Å². The molecule has 0 saturated carbocycles. The largest absolute Gasteiger partial charge is 0.374 e. The molecular weight excluding hydrogens is 168 g/mol. The number of carbonyl (C=O) groups is 1. The molecule has 0 amide bonds. The summed E-state index contributed by atoms with van der Waals surface area (Å²) in [6.07, 6.45) is 5.47. The van der Waals surface area contributed by atoms with Gasteiger partial charge in [0.05, 0.1) is 0 Å². The van der Waals surface area contributed by atoms with Crippen LogP contribution in [0.25, 0.3) is 0 Å². The maximum atomic E-state index is 11.0. The van der Waals surface area contributed by atoms with Crippen LogP contribution in [0.1, 0.15) is 26.7 Å². The highest BCUT2D eigenvalue weighted by molar-refractivity contribution is 6.41. The Balaban J connectivity index is 4.26. The van der Waals surface area contributed by atoms with Crippen LogP contribution < -0.4 is 5.90 Å². The molecule has 0 bridgehead atoms. The normalized spacial score (nSPS) is 12.1. The first-order chi connectivity index (χ1) is 6.26. The predicted octanol–water partition coefficient (Wildman–Crippen LogP) is 1.22. The standard InChI is InChI=1S/C9H16N2O2/c1-3-5-6-7-8(11-4-2)9(12)13-10/h6-7H,3-5,10H2,1-2H3/b7-6-,11-8+. The molecule has 4 heteroatoms. The highest BCUT2D eigenvalue weighted by Gasteiger charge is 2.06. The molecule has 0 aromatic heterocycles. The molecule has 0 atom stereocenters. The maximum Gasteiger partial charge on any atom is 0.374 e. The van der Waals surface area contributed by atoms with Gasteiger partial charge in [-0.05, 0) is 19.4 Å². The van der Waals surface area contributed by atoms with Crippen LogP contribution in [0.4, 0.5) is 0 Å². The zero-order valence-electron chi connectivity index (χ0n) is 8.12. The molecular formula is C9H16N2O2. The van der Waals surface area contributed by atoms with E-state index < -0.39 is 5.97 Å². The third kappa shape index (κ3) is 5.14. The number of nitrogens with zero attached hydrogens (tertiary/aromatic N) is 1. The summed E-state index contributed by atoms with van der Waals surface area (Å²) in [5, 5.41) is 0. The number of unbranched alkanes of at least 4 members (excludes halogenated alkanes) is 1. The van der Waals surface area contributed by atoms with Gasteiger partial charge in [-0.3, -0.25) is 4.99 Å². The van der Waals surface area contributed by atoms with E-state index in [1.165, 1.54) is 0 Å². The van der Waals surface area contributed by atoms with Gasteiger partial charge in [-0.2, -0.15) is 5.90 Å². The molecule has 0 aromatic rings. The second kappa shape index (κ2) is 7.49. The number of nitrogens with two attached hydrogens (primary N) is 1. The number of hydrogen-bond acceptors (Lipinski definition) is 4. The highest BCUT2D eigenvalue weighted by Crippen LogP contribution is 1.92. The molecule has 13 heavy (non-hydrogen) atoms. The topological polar surface area (TPSA) is 64.7 Å². The number of carbonyl (C=O) groups excluding carboxylic acids is 1. The minimum absolute atomic E-state index is 0.276. The number of rotatable bonds is 5. The van der Waals surface area contributed by atoms with Crippen LogP contribution in [-0.4, -0.2) is 18.2 Å². The third-order valence-corrected chi connectivity index (χ3v) is 1.38. The lowest BCUT2D eigenvalue weighted by Gasteiger charge is -1.96. The fourth-order valence-electron chi connectivity index (χ4n) is 0.778. The van der Waals surface area contributed by atoms with Crippen LogP contribution in [0.15, 0.2) is 17.1 Å². The van der Waals surface area contributed by atoms with Crippen molar-refractivity contribution in [1.29, 1.82) is 0 Å². The minimum atomic E-state index is -0.589. The van der Waals surface area contributed by atoms with E-state index in [0.29, 0.717) is 6.54 Å². The fraction of sp³-hybridized carbons (Fsp3) is 0.556. The number of aliphatic imine (C=N–C) groups is 1. The van der Waals surface area contributed by atoms with Crippen molar-refractivity contribution in [2.24, 2.45) is 10.9 Å². The Bertz CT molecular complexity index is 210. The van der Waals surface area contributed by atoms with E-state index >= 15 is 0 Å². The Labute approximate surface area is 78.4 Å². The molecule has 0 aliphatic heterocycles. The molecule has 0 aromatic carbocycles. The summed E-state index contributed by atoms with van der Waals surface area (Å²) in [6, 6.07) is 0. The van der Waals surface area contributed by atoms with Crippen LogP contribution in [-0.2, 0) is 9.63 Å². The van der Waals surface area contributed by atoms with Crippen LogP contribution in [0.3, 0.4) is 0 Å². The summed E-state index contributed by atoms with van der Waals surface area (Å²) in [5.74, 6) is 4.15. The van der Waals surface area contributed by atoms with E-state index in [0.717, 1.165) is 12.8 Å². The van der Waals surface area contributed by atoms with E-state index in [-0.39, 0.29) is 5.71 Å². The van der Waals surface area contributed by atoms with Crippen LogP contribution in [0.2, 0.25) is 0 Å². The monoisotopic (exact) mass is 184 g/mol. The van der Waals surface area contributed by atoms with Gasteiger partial charge in [0.25, 0.3) is 0 Å². The Morgan fingerprint density at radius 1 is 1.54 bits per heavy atom. The first-order valence-electron chi connectivity index (χ1n) is 4.38. The lowest BCUT2D eigenvalue weighted by atomic mass is 10.2. The smallest absolute Gasteiger partial charge is 0.369 e. The summed E-state index contributed by atoms with van der Waals surface area (Å²) in [6.45, 7) is 4.45. The van der Waals surface area contributed by atoms with Crippen LogP contribution >= 0.6 is 0 Å². The molecule has 0 fully saturated rings. The maximum absolute atomic E-state index is 11.0. The zero-order valence-corrected chi connectivity index (χ0v) is 8.12. The fourth-order valence-corrected chi connectivity index (χ4v) is 0.778. The van der Waals surface area contributed by atoms with Gasteiger partial charge in [-0.1, -0.05) is 19.4 Å². The summed E-state index contributed by atoms with van der Waals surface area (Å²) in [5.41, 5.74) is 0.276. The Hall–Kier alpha value is -1.16. The highest BCUT2D eigenvalue weighted by atomic mass is 16.7. The summed E-state index contributed by atoms with van der Waals surface area (Å²) < 4.78 is 0. The second-order valence-electron chi connectivity index (χ2n) is 2.46. The van der Waals surface area contributed by atoms with Gasteiger partial charge >= 0.3 is 5.97 Å². The van der Waals surface area contributed by atoms with Gasteiger partial charge in [-0.25, -0.2) is 4.79 Å². The second-order valence-corrected chi connectivity index (χ2v) is 2.46. The Morgan fingerprint density at radius 2 is 2.23 bits per heavy atom. The molecule has 0 aliphatic carbocycles. The first kappa shape index (κ1) is 11.8. The van der Waals surface area contributed by atoms with Crippen molar-refractivity contribution in [3.63, 3.8) is 0 Å². The first-order valence-corrected chi connectivity index (χ1v) is 4.38. The summed E-state index contributed by atoms with van der Waals surface area (Å²) in [7, 11) is 0. The van der Waals surface area contributed by atoms with E-state index in [4.69, 9.17) is 5.90 Å². The van der Waals surface area contributed by atoms with Crippen molar-refractivity contribution in [2.45, 2.75) is 26.7 Å². The molecule has 4 nitrogen and oxygen atoms in total. The van der Waals surface area contributed by atoms with Gasteiger partial charge in [0, 0.05) is 6.54 Å². The molecule has 0 aliphatic rings. The molecule has 0 heterocycles. The predicted molar refractivity (Wildman–Crippen MR) is 52.3 cm³/mol. The lowest BCUT2D eigenvalue weighted by Crippen LogP contribution is -2.19. The van der Waals surface area contributed by atoms with E-state index in [2.05, 4.69) is 16.8 Å². The van der Waals surface area contributed by atoms with Crippen molar-refractivity contribution >= 4 is 11.7 Å². The molecule has 0 rings (SSSR count). The van der Waals surface area contributed by atoms with Crippen molar-refractivity contribution in [2.75, 3.05) is 6.54 Å². The van der Waals surface area contributed by atoms with Crippen molar-refractivity contribution in [1.82, 2.24) is 0 Å². The lowest BCUT2D eigenvalue weighted by molar-refractivity contribution is -0.135. The van der Waals surface area contributed by atoms with Crippen LogP contribution in [0, 0.1) is 0 Å². The number of hydrogen-bond donors (Lipinski definition) is 1. The quantitative estimate of drug-likeness (QED) is 0.516. The third-order valence-electron chi connectivity index (χ3n) is 1.38. The van der Waals surface area contributed by atoms with Gasteiger partial charge in [0.2, 0.25) is 0 Å². The molecule has 0 spiro atoms. The van der Waals surface area contributed by atoms with Crippen molar-refractivity contribution < 1.29 is 9.63 Å². The molecule has 74 valence electrons. The SMILES string of the molecule is CCC/C=C\C(=N/CC)C(=O)ON. The summed E-state index contributed by atoms with van der Waals surface area (Å²) >= 11 is 0. The van der Waals surface area contributed by atoms with Gasteiger partial charge in [0.1, 0.15) is 5.71 Å². The molecule has 0 unspecified atom stereocenters. The van der Waals surface area contributed by atoms with Gasteiger partial charge in [-0.15, -0.1) is 0 Å². The van der Waals surface area contributed by atoms with E-state index in [1.54, 1.807) is 6.08 Å². The minimum Gasteiger partial charge on any atom is -0.369 e. The van der Waals surface area contributed by atoms with E-state index in [9.17, 15) is 4.79 Å². The Morgan fingerprint density at radius 3 is 2.69 bits per heavy atom. The zero-order chi connectivity index (χ0) is 10.1. The number of allylic oxidation sites excluding steroid dienone is 1. The van der Waals surface area contributed by atoms with Gasteiger partial charge < -0.3 is 4.84 Å². The van der Waals surface area contributed by atoms with Crippen molar-refractivity contribution in [3.05, 3.63) is 12.2 Å². The molecule has 0 radical (unpaired) electrons. The Kier molecular flexibility index (Phi) is 6.82. The average molecular weight is 184 g/mol. The van der Waals surface area contributed by atoms with Gasteiger partial charge in [0.15, 0.2) is 0 Å². The average Bonchev–Trinajstić information content (AvgIpc) is 2.16. The summed E-state index contributed by atoms with van der Waals surface area (Å²) in [4.78, 5) is 19.0. The molecule has 0 saturated heterocycles. The van der Waals surface area contributed by atoms with E-state index in [1.807, 2.05) is 13.0 Å². The molecule has 2 N–H and O–H groups in total.